The fourth-order valence-corrected chi connectivity index (χ4v) is 7.16. The molecule has 1 aliphatic carbocycles. The number of nitriles is 1. The molecule has 56 heavy (non-hydrogen) atoms. The topological polar surface area (TPSA) is 186 Å². The van der Waals surface area contributed by atoms with Crippen molar-refractivity contribution < 1.29 is 42.9 Å². The smallest absolute Gasteiger partial charge is 0.262 e. The van der Waals surface area contributed by atoms with E-state index in [1.54, 1.807) is 42.6 Å². The van der Waals surface area contributed by atoms with Gasteiger partial charge in [0, 0.05) is 55.7 Å². The Bertz CT molecular complexity index is 2180. The first-order valence-corrected chi connectivity index (χ1v) is 18.8. The summed E-state index contributed by atoms with van der Waals surface area (Å²) in [6.07, 6.45) is 6.31. The molecule has 2 aliphatic heterocycles. The van der Waals surface area contributed by atoms with Gasteiger partial charge in [-0.05, 0) is 98.8 Å². The second-order valence-electron chi connectivity index (χ2n) is 13.9. The highest BCUT2D eigenvalue weighted by Gasteiger charge is 2.44. The Balaban J connectivity index is 0.753. The molecule has 1 atom stereocenters. The molecule has 0 bridgehead atoms. The minimum Gasteiger partial charge on any atom is -0.494 e. The molecule has 2 N–H and O–H groups in total. The Kier molecular flexibility index (Phi) is 11.8. The van der Waals surface area contributed by atoms with E-state index in [4.69, 9.17) is 18.9 Å². The van der Waals surface area contributed by atoms with Crippen molar-refractivity contribution in [1.29, 1.82) is 5.26 Å². The average Bonchev–Trinajstić information content (AvgIpc) is 3.46. The largest absolute Gasteiger partial charge is 0.494 e. The van der Waals surface area contributed by atoms with Gasteiger partial charge in [0.15, 0.2) is 0 Å². The van der Waals surface area contributed by atoms with Gasteiger partial charge in [-0.25, -0.2) is 0 Å². The predicted octanol–water partition coefficient (Wildman–Crippen LogP) is 4.88. The minimum atomic E-state index is -1.01. The van der Waals surface area contributed by atoms with Crippen molar-refractivity contribution in [3.05, 3.63) is 95.2 Å². The molecule has 4 aromatic rings. The molecule has 0 radical (unpaired) electrons. The lowest BCUT2D eigenvalue weighted by atomic mass is 9.92. The van der Waals surface area contributed by atoms with Crippen LogP contribution >= 0.6 is 0 Å². The summed E-state index contributed by atoms with van der Waals surface area (Å²) in [6, 6.07) is 20.2. The van der Waals surface area contributed by atoms with Crippen molar-refractivity contribution >= 4 is 40.4 Å². The number of carbonyl (C=O) groups excluding carboxylic acids is 5. The molecule has 1 saturated carbocycles. The van der Waals surface area contributed by atoms with E-state index >= 15 is 0 Å². The molecule has 0 spiro atoms. The van der Waals surface area contributed by atoms with E-state index in [0.29, 0.717) is 67.4 Å². The Hall–Kier alpha value is -6.33. The monoisotopic (exact) mass is 759 g/mol. The molecule has 7 rings (SSSR count). The van der Waals surface area contributed by atoms with Crippen LogP contribution in [0.4, 0.5) is 0 Å². The number of amides is 5. The molecule has 3 aromatic carbocycles. The normalized spacial score (nSPS) is 19.3. The Morgan fingerprint density at radius 1 is 0.839 bits per heavy atom. The zero-order valence-corrected chi connectivity index (χ0v) is 30.7. The van der Waals surface area contributed by atoms with Gasteiger partial charge in [-0.15, -0.1) is 0 Å². The lowest BCUT2D eigenvalue weighted by molar-refractivity contribution is -0.136. The fraction of sp³-hybridized carbons (Fsp3) is 0.357. The van der Waals surface area contributed by atoms with Gasteiger partial charge in [0.1, 0.15) is 29.4 Å². The molecule has 1 aromatic heterocycles. The molecule has 288 valence electrons. The zero-order valence-electron chi connectivity index (χ0n) is 30.7. The number of carbonyl (C=O) groups is 5. The SMILES string of the molecule is N#Cc1ccc(O[C@H]2CC[C@H](NC(=O)c3ccc(OCCCOCCCOc4ccc5c(c4)C(=O)N(C4CCC(=O)NC4=O)C5=O)cc3)CC2)c2cccnc12. The van der Waals surface area contributed by atoms with Crippen LogP contribution in [0.25, 0.3) is 10.9 Å². The van der Waals surface area contributed by atoms with Crippen LogP contribution < -0.4 is 24.8 Å². The first kappa shape index (κ1) is 38.0. The van der Waals surface area contributed by atoms with E-state index in [0.717, 1.165) is 41.7 Å². The summed E-state index contributed by atoms with van der Waals surface area (Å²) in [5, 5.41) is 15.6. The maximum atomic E-state index is 13.0. The third-order valence-corrected chi connectivity index (χ3v) is 10.1. The maximum absolute atomic E-state index is 13.0. The summed E-state index contributed by atoms with van der Waals surface area (Å²) in [4.78, 5) is 67.9. The lowest BCUT2D eigenvalue weighted by Gasteiger charge is -2.30. The number of rotatable bonds is 15. The number of aromatic nitrogens is 1. The van der Waals surface area contributed by atoms with E-state index in [2.05, 4.69) is 21.7 Å². The lowest BCUT2D eigenvalue weighted by Crippen LogP contribution is -2.54. The van der Waals surface area contributed by atoms with E-state index in [-0.39, 0.29) is 42.0 Å². The van der Waals surface area contributed by atoms with Crippen LogP contribution in [0, 0.1) is 11.3 Å². The number of piperidine rings is 1. The van der Waals surface area contributed by atoms with Gasteiger partial charge in [-0.2, -0.15) is 5.26 Å². The fourth-order valence-electron chi connectivity index (χ4n) is 7.16. The van der Waals surface area contributed by atoms with Crippen LogP contribution in [0.15, 0.2) is 72.9 Å². The maximum Gasteiger partial charge on any atom is 0.262 e. The molecule has 3 heterocycles. The number of hydrogen-bond donors (Lipinski definition) is 2. The number of ether oxygens (including phenoxy) is 4. The second-order valence-corrected chi connectivity index (χ2v) is 13.9. The number of imide groups is 2. The molecule has 1 unspecified atom stereocenters. The zero-order chi connectivity index (χ0) is 39.0. The van der Waals surface area contributed by atoms with Gasteiger partial charge in [0.05, 0.1) is 41.5 Å². The standard InChI is InChI=1S/C42H41N5O9/c43-25-27-7-17-36(33-4-1-19-44-38(27)33)56-30-12-8-28(9-13-30)45-39(49)26-5-10-29(11-6-26)54-22-2-20-53-21-3-23-55-31-14-15-32-34(24-31)42(52)47(41(32)51)35-16-18-37(48)46-40(35)50/h1,4-7,10-11,14-15,17,19,24,28,30,35H,2-3,8-9,12-13,16,18,20-23H2,(H,45,49)(H,46,48,50)/t28-,30-,35?. The Labute approximate surface area is 323 Å². The summed E-state index contributed by atoms with van der Waals surface area (Å²) >= 11 is 0. The minimum absolute atomic E-state index is 0.0181. The summed E-state index contributed by atoms with van der Waals surface area (Å²) in [6.45, 7) is 1.72. The third kappa shape index (κ3) is 8.63. The number of fused-ring (bicyclic) bond motifs is 2. The van der Waals surface area contributed by atoms with Crippen LogP contribution in [0.1, 0.15) is 88.0 Å². The van der Waals surface area contributed by atoms with Crippen molar-refractivity contribution in [2.24, 2.45) is 0 Å². The second kappa shape index (κ2) is 17.4. The summed E-state index contributed by atoms with van der Waals surface area (Å²) in [5.74, 6) is -0.537. The van der Waals surface area contributed by atoms with E-state index in [9.17, 15) is 29.2 Å². The molecule has 14 nitrogen and oxygen atoms in total. The van der Waals surface area contributed by atoms with E-state index < -0.39 is 29.7 Å². The van der Waals surface area contributed by atoms with Crippen LogP contribution in [0.2, 0.25) is 0 Å². The molecule has 2 fully saturated rings. The number of benzene rings is 3. The van der Waals surface area contributed by atoms with Crippen LogP contribution in [-0.4, -0.2) is 84.0 Å². The van der Waals surface area contributed by atoms with Crippen LogP contribution in [0.5, 0.6) is 17.2 Å². The molecule has 14 heteroatoms. The van der Waals surface area contributed by atoms with E-state index in [1.165, 1.54) is 12.1 Å². The Morgan fingerprint density at radius 3 is 2.29 bits per heavy atom. The van der Waals surface area contributed by atoms with Gasteiger partial charge in [-0.3, -0.25) is 39.2 Å². The number of pyridine rings is 1. The first-order chi connectivity index (χ1) is 27.3. The Morgan fingerprint density at radius 2 is 1.55 bits per heavy atom. The van der Waals surface area contributed by atoms with Gasteiger partial charge >= 0.3 is 0 Å². The van der Waals surface area contributed by atoms with Gasteiger partial charge < -0.3 is 24.3 Å². The molecular formula is C42H41N5O9. The van der Waals surface area contributed by atoms with Crippen molar-refractivity contribution in [2.75, 3.05) is 26.4 Å². The predicted molar refractivity (Wildman–Crippen MR) is 201 cm³/mol. The number of nitrogens with zero attached hydrogens (tertiary/aromatic N) is 3. The van der Waals surface area contributed by atoms with Crippen molar-refractivity contribution in [3.8, 4) is 23.3 Å². The quantitative estimate of drug-likeness (QED) is 0.124. The van der Waals surface area contributed by atoms with Gasteiger partial charge in [0.25, 0.3) is 17.7 Å². The summed E-state index contributed by atoms with van der Waals surface area (Å²) in [7, 11) is 0. The van der Waals surface area contributed by atoms with Gasteiger partial charge in [-0.1, -0.05) is 0 Å². The summed E-state index contributed by atoms with van der Waals surface area (Å²) in [5.41, 5.74) is 2.08. The van der Waals surface area contributed by atoms with Crippen molar-refractivity contribution in [2.45, 2.75) is 69.6 Å². The van der Waals surface area contributed by atoms with Crippen LogP contribution in [-0.2, 0) is 14.3 Å². The molecule has 3 aliphatic rings. The van der Waals surface area contributed by atoms with Crippen molar-refractivity contribution in [1.82, 2.24) is 20.5 Å². The first-order valence-electron chi connectivity index (χ1n) is 18.8. The number of hydrogen-bond acceptors (Lipinski definition) is 11. The molecule has 5 amide bonds. The van der Waals surface area contributed by atoms with Crippen LogP contribution in [0.3, 0.4) is 0 Å². The van der Waals surface area contributed by atoms with Crippen molar-refractivity contribution in [3.63, 3.8) is 0 Å². The number of nitrogens with one attached hydrogen (secondary N) is 2. The average molecular weight is 760 g/mol. The highest BCUT2D eigenvalue weighted by Crippen LogP contribution is 2.32. The molecule has 1 saturated heterocycles. The third-order valence-electron chi connectivity index (χ3n) is 10.1. The molecular weight excluding hydrogens is 718 g/mol. The highest BCUT2D eigenvalue weighted by atomic mass is 16.5. The summed E-state index contributed by atoms with van der Waals surface area (Å²) < 4.78 is 23.6. The van der Waals surface area contributed by atoms with E-state index in [1.807, 2.05) is 18.2 Å². The highest BCUT2D eigenvalue weighted by molar-refractivity contribution is 6.23. The van der Waals surface area contributed by atoms with Gasteiger partial charge in [0.2, 0.25) is 11.8 Å².